The molecule has 2 amide bonds. The third-order valence-corrected chi connectivity index (χ3v) is 8.45. The number of aromatic nitrogens is 3. The predicted octanol–water partition coefficient (Wildman–Crippen LogP) is 2.50. The first-order chi connectivity index (χ1) is 18.8. The number of allylic oxidation sites excluding steroid dienone is 1. The monoisotopic (exact) mass is 549 g/mol. The summed E-state index contributed by atoms with van der Waals surface area (Å²) in [5, 5.41) is 13.5. The van der Waals surface area contributed by atoms with Gasteiger partial charge in [0.05, 0.1) is 28.9 Å². The van der Waals surface area contributed by atoms with Crippen LogP contribution in [0.3, 0.4) is 0 Å². The van der Waals surface area contributed by atoms with Gasteiger partial charge in [-0.1, -0.05) is 35.9 Å². The summed E-state index contributed by atoms with van der Waals surface area (Å²) in [7, 11) is 0. The van der Waals surface area contributed by atoms with E-state index in [1.807, 2.05) is 29.2 Å². The van der Waals surface area contributed by atoms with Crippen LogP contribution in [0.2, 0.25) is 5.02 Å². The van der Waals surface area contributed by atoms with Crippen LogP contribution < -0.4 is 11.1 Å². The smallest absolute Gasteiger partial charge is 0.253 e. The number of imidazole rings is 1. The first kappa shape index (κ1) is 25.8. The molecule has 11 heteroatoms. The van der Waals surface area contributed by atoms with Crippen LogP contribution in [-0.4, -0.2) is 86.5 Å². The largest absolute Gasteiger partial charge is 0.392 e. The Morgan fingerprint density at radius 2 is 1.90 bits per heavy atom. The summed E-state index contributed by atoms with van der Waals surface area (Å²) in [6.45, 7) is 5.16. The Bertz CT molecular complexity index is 1430. The van der Waals surface area contributed by atoms with Gasteiger partial charge in [0.15, 0.2) is 5.65 Å². The fraction of sp³-hybridized carbons (Fsp3) is 0.429. The standard InChI is InChI=1S/C28H32ClN7O3/c1-15(37)14-35-8-10-36(11-9-35)28(39)17-4-2-16(3-5-17)26-33-24-23(20(29)13-31-27(24)34-26)32-22-19-7-6-18(12-19)21(22)25(30)38/h2-7,13,15,18-19,21-22,37H,8-12,14H2,1H3,(H2,30,38)(H2,31,32,33,34). The number of β-amino-alcohol motifs (C(OH)–C–C–N with tert-alkyl or cyclic N) is 1. The van der Waals surface area contributed by atoms with Crippen molar-refractivity contribution in [3.63, 3.8) is 0 Å². The first-order valence-corrected chi connectivity index (χ1v) is 13.7. The van der Waals surface area contributed by atoms with Gasteiger partial charge in [-0.2, -0.15) is 0 Å². The molecule has 3 heterocycles. The van der Waals surface area contributed by atoms with Crippen molar-refractivity contribution < 1.29 is 14.7 Å². The molecule has 1 saturated heterocycles. The number of carbonyl (C=O) groups excluding carboxylic acids is 2. The minimum atomic E-state index is -0.377. The van der Waals surface area contributed by atoms with E-state index in [2.05, 4.69) is 37.3 Å². The molecule has 0 spiro atoms. The number of nitrogens with zero attached hydrogens (tertiary/aromatic N) is 4. The average molecular weight is 550 g/mol. The van der Waals surface area contributed by atoms with Crippen LogP contribution in [0.1, 0.15) is 23.7 Å². The molecule has 1 aliphatic heterocycles. The molecule has 2 fully saturated rings. The van der Waals surface area contributed by atoms with Gasteiger partial charge < -0.3 is 26.0 Å². The number of primary amides is 1. The van der Waals surface area contributed by atoms with Crippen LogP contribution in [-0.2, 0) is 4.79 Å². The fourth-order valence-corrected chi connectivity index (χ4v) is 6.44. The van der Waals surface area contributed by atoms with E-state index in [0.717, 1.165) is 25.1 Å². The summed E-state index contributed by atoms with van der Waals surface area (Å²) in [5.41, 5.74) is 8.98. The highest BCUT2D eigenvalue weighted by molar-refractivity contribution is 6.34. The number of piperazine rings is 1. The molecule has 204 valence electrons. The summed E-state index contributed by atoms with van der Waals surface area (Å²) in [6, 6.07) is 7.21. The highest BCUT2D eigenvalue weighted by Gasteiger charge is 2.47. The number of carbonyl (C=O) groups is 2. The lowest BCUT2D eigenvalue weighted by Gasteiger charge is -2.35. The van der Waals surface area contributed by atoms with Gasteiger partial charge in [0.1, 0.15) is 11.3 Å². The molecule has 6 rings (SSSR count). The Morgan fingerprint density at radius 1 is 1.18 bits per heavy atom. The quantitative estimate of drug-likeness (QED) is 0.332. The number of aliphatic hydroxyl groups is 1. The Hall–Kier alpha value is -3.47. The number of rotatable bonds is 7. The SMILES string of the molecule is CC(O)CN1CCN(C(=O)c2ccc(-c3nc4ncc(Cl)c(NC5C6C=CC(C6)C5C(N)=O)c4[nH]3)cc2)CC1. The molecule has 5 atom stereocenters. The third-order valence-electron chi connectivity index (χ3n) is 8.16. The second-order valence-corrected chi connectivity index (χ2v) is 11.2. The summed E-state index contributed by atoms with van der Waals surface area (Å²) < 4.78 is 0. The molecule has 2 bridgehead atoms. The molecule has 5 N–H and O–H groups in total. The number of aliphatic hydroxyl groups excluding tert-OH is 1. The maximum Gasteiger partial charge on any atom is 0.253 e. The number of anilines is 1. The number of amides is 2. The van der Waals surface area contributed by atoms with Crippen molar-refractivity contribution >= 4 is 40.3 Å². The summed E-state index contributed by atoms with van der Waals surface area (Å²) in [4.78, 5) is 41.7. The zero-order valence-electron chi connectivity index (χ0n) is 21.7. The maximum absolute atomic E-state index is 13.1. The minimum absolute atomic E-state index is 0.00768. The number of aromatic amines is 1. The third kappa shape index (κ3) is 4.88. The Morgan fingerprint density at radius 3 is 2.59 bits per heavy atom. The van der Waals surface area contributed by atoms with Crippen LogP contribution >= 0.6 is 11.6 Å². The maximum atomic E-state index is 13.1. The number of H-pyrrole nitrogens is 1. The first-order valence-electron chi connectivity index (χ1n) is 13.4. The average Bonchev–Trinajstić information content (AvgIpc) is 3.65. The Kier molecular flexibility index (Phi) is 6.78. The predicted molar refractivity (Wildman–Crippen MR) is 149 cm³/mol. The number of halogens is 1. The van der Waals surface area contributed by atoms with Crippen molar-refractivity contribution in [2.45, 2.75) is 25.5 Å². The lowest BCUT2D eigenvalue weighted by Crippen LogP contribution is -2.50. The molecule has 5 unspecified atom stereocenters. The van der Waals surface area contributed by atoms with Gasteiger partial charge in [-0.3, -0.25) is 14.5 Å². The molecule has 39 heavy (non-hydrogen) atoms. The molecule has 1 saturated carbocycles. The van der Waals surface area contributed by atoms with Crippen molar-refractivity contribution in [1.82, 2.24) is 24.8 Å². The normalized spacial score (nSPS) is 25.4. The van der Waals surface area contributed by atoms with E-state index in [4.69, 9.17) is 17.3 Å². The minimum Gasteiger partial charge on any atom is -0.392 e. The van der Waals surface area contributed by atoms with Gasteiger partial charge in [0, 0.05) is 49.9 Å². The summed E-state index contributed by atoms with van der Waals surface area (Å²) >= 11 is 6.56. The van der Waals surface area contributed by atoms with E-state index in [1.54, 1.807) is 13.1 Å². The highest BCUT2D eigenvalue weighted by Crippen LogP contribution is 2.46. The fourth-order valence-electron chi connectivity index (χ4n) is 6.25. The van der Waals surface area contributed by atoms with E-state index < -0.39 is 0 Å². The number of nitrogens with one attached hydrogen (secondary N) is 2. The van der Waals surface area contributed by atoms with E-state index in [1.165, 1.54) is 0 Å². The van der Waals surface area contributed by atoms with Gasteiger partial charge in [0.2, 0.25) is 5.91 Å². The zero-order valence-corrected chi connectivity index (χ0v) is 22.4. The number of fused-ring (bicyclic) bond motifs is 3. The molecule has 0 radical (unpaired) electrons. The molecular formula is C28H32ClN7O3. The number of nitrogens with two attached hydrogens (primary N) is 1. The van der Waals surface area contributed by atoms with Gasteiger partial charge in [0.25, 0.3) is 5.91 Å². The van der Waals surface area contributed by atoms with Gasteiger partial charge in [-0.25, -0.2) is 9.97 Å². The number of benzene rings is 1. The second kappa shape index (κ2) is 10.3. The van der Waals surface area contributed by atoms with E-state index >= 15 is 0 Å². The van der Waals surface area contributed by atoms with E-state index in [0.29, 0.717) is 52.9 Å². The van der Waals surface area contributed by atoms with E-state index in [9.17, 15) is 14.7 Å². The van der Waals surface area contributed by atoms with Crippen LogP contribution in [0.5, 0.6) is 0 Å². The molecule has 3 aromatic rings. The Labute approximate surface area is 231 Å². The van der Waals surface area contributed by atoms with Crippen LogP contribution in [0.4, 0.5) is 5.69 Å². The lowest BCUT2D eigenvalue weighted by atomic mass is 9.88. The summed E-state index contributed by atoms with van der Waals surface area (Å²) in [6.07, 6.45) is 6.31. The molecule has 2 aliphatic carbocycles. The van der Waals surface area contributed by atoms with Crippen LogP contribution in [0, 0.1) is 17.8 Å². The van der Waals surface area contributed by atoms with Gasteiger partial charge >= 0.3 is 0 Å². The van der Waals surface area contributed by atoms with Crippen molar-refractivity contribution in [3.05, 3.63) is 53.2 Å². The lowest BCUT2D eigenvalue weighted by molar-refractivity contribution is -0.122. The number of hydrogen-bond donors (Lipinski definition) is 4. The Balaban J connectivity index is 1.20. The van der Waals surface area contributed by atoms with Gasteiger partial charge in [-0.15, -0.1) is 0 Å². The van der Waals surface area contributed by atoms with Crippen LogP contribution in [0.25, 0.3) is 22.6 Å². The zero-order chi connectivity index (χ0) is 27.3. The summed E-state index contributed by atoms with van der Waals surface area (Å²) in [5.74, 6) is 0.341. The molecular weight excluding hydrogens is 518 g/mol. The molecule has 10 nitrogen and oxygen atoms in total. The number of pyridine rings is 1. The van der Waals surface area contributed by atoms with E-state index in [-0.39, 0.29) is 41.7 Å². The molecule has 3 aliphatic rings. The molecule has 1 aromatic carbocycles. The molecule has 2 aromatic heterocycles. The topological polar surface area (TPSA) is 140 Å². The number of hydrogen-bond acceptors (Lipinski definition) is 7. The van der Waals surface area contributed by atoms with Gasteiger partial charge in [-0.05, 0) is 37.3 Å². The van der Waals surface area contributed by atoms with Crippen LogP contribution in [0.15, 0.2) is 42.6 Å². The highest BCUT2D eigenvalue weighted by atomic mass is 35.5. The van der Waals surface area contributed by atoms with Crippen molar-refractivity contribution in [1.29, 1.82) is 0 Å². The second-order valence-electron chi connectivity index (χ2n) is 10.8. The van der Waals surface area contributed by atoms with Crippen molar-refractivity contribution in [2.75, 3.05) is 38.0 Å². The van der Waals surface area contributed by atoms with Crippen molar-refractivity contribution in [3.8, 4) is 11.4 Å². The van der Waals surface area contributed by atoms with Crippen molar-refractivity contribution in [2.24, 2.45) is 23.5 Å².